The van der Waals surface area contributed by atoms with Crippen molar-refractivity contribution in [2.75, 3.05) is 27.2 Å². The summed E-state index contributed by atoms with van der Waals surface area (Å²) in [6.07, 6.45) is 0. The zero-order valence-corrected chi connectivity index (χ0v) is 16.0. The van der Waals surface area contributed by atoms with E-state index < -0.39 is 16.0 Å². The van der Waals surface area contributed by atoms with Gasteiger partial charge in [-0.2, -0.15) is 17.4 Å². The van der Waals surface area contributed by atoms with E-state index in [9.17, 15) is 12.8 Å². The van der Waals surface area contributed by atoms with E-state index in [1.54, 1.807) is 12.1 Å². The van der Waals surface area contributed by atoms with Crippen molar-refractivity contribution in [2.45, 2.75) is 26.4 Å². The monoisotopic (exact) mass is 377 g/mol. The molecule has 0 unspecified atom stereocenters. The fraction of sp³-hybridized carbons (Fsp3) is 0.625. The number of rotatable bonds is 6. The highest BCUT2D eigenvalue weighted by molar-refractivity contribution is 7.87. The molecule has 1 heterocycles. The van der Waals surface area contributed by atoms with E-state index in [1.165, 1.54) is 24.5 Å². The van der Waals surface area contributed by atoms with Crippen LogP contribution in [0.5, 0.6) is 0 Å². The molecule has 0 aliphatic carbocycles. The van der Waals surface area contributed by atoms with E-state index in [0.717, 1.165) is 12.1 Å². The van der Waals surface area contributed by atoms with Crippen molar-refractivity contribution >= 4 is 21.8 Å². The number of benzene rings is 1. The lowest BCUT2D eigenvalue weighted by Gasteiger charge is -2.24. The maximum atomic E-state index is 13.3. The second-order valence-electron chi connectivity index (χ2n) is 6.86. The minimum Gasteiger partial charge on any atom is -0.297 e. The minimum absolute atomic E-state index is 0.108. The summed E-state index contributed by atoms with van der Waals surface area (Å²) >= 11 is 5.84. The minimum atomic E-state index is -3.47. The molecule has 1 aromatic rings. The third kappa shape index (κ3) is 4.67. The van der Waals surface area contributed by atoms with Crippen LogP contribution < -0.4 is 4.72 Å². The molecule has 1 saturated heterocycles. The fourth-order valence-corrected chi connectivity index (χ4v) is 4.08. The maximum absolute atomic E-state index is 13.3. The molecule has 1 fully saturated rings. The summed E-state index contributed by atoms with van der Waals surface area (Å²) in [5.41, 5.74) is 0.917. The van der Waals surface area contributed by atoms with Crippen molar-refractivity contribution in [1.29, 1.82) is 0 Å². The second-order valence-corrected chi connectivity index (χ2v) is 9.19. The summed E-state index contributed by atoms with van der Waals surface area (Å²) < 4.78 is 41.5. The van der Waals surface area contributed by atoms with Gasteiger partial charge in [-0.15, -0.1) is 0 Å². The Hall–Kier alpha value is -0.730. The van der Waals surface area contributed by atoms with E-state index in [2.05, 4.69) is 23.5 Å². The summed E-state index contributed by atoms with van der Waals surface area (Å²) in [4.78, 5) is 2.18. The van der Waals surface area contributed by atoms with Crippen LogP contribution in [0.1, 0.15) is 19.4 Å². The maximum Gasteiger partial charge on any atom is 0.279 e. The van der Waals surface area contributed by atoms with E-state index in [-0.39, 0.29) is 17.0 Å². The Morgan fingerprint density at radius 1 is 1.38 bits per heavy atom. The third-order valence-electron chi connectivity index (χ3n) is 4.47. The number of likely N-dealkylation sites (tertiary alicyclic amines) is 1. The third-order valence-corrected chi connectivity index (χ3v) is 6.32. The topological polar surface area (TPSA) is 52.7 Å². The van der Waals surface area contributed by atoms with Crippen LogP contribution in [0, 0.1) is 17.7 Å². The Kier molecular flexibility index (Phi) is 6.25. The lowest BCUT2D eigenvalue weighted by Crippen LogP contribution is -2.46. The lowest BCUT2D eigenvalue weighted by molar-refractivity contribution is 0.296. The molecule has 24 heavy (non-hydrogen) atoms. The van der Waals surface area contributed by atoms with Gasteiger partial charge in [-0.3, -0.25) is 4.90 Å². The van der Waals surface area contributed by atoms with Crippen LogP contribution in [-0.2, 0) is 16.8 Å². The van der Waals surface area contributed by atoms with Crippen molar-refractivity contribution < 1.29 is 12.8 Å². The van der Waals surface area contributed by atoms with Gasteiger partial charge in [0.2, 0.25) is 0 Å². The first-order chi connectivity index (χ1) is 11.1. The van der Waals surface area contributed by atoms with Crippen LogP contribution in [0.3, 0.4) is 0 Å². The highest BCUT2D eigenvalue weighted by Gasteiger charge is 2.37. The molecule has 0 saturated carbocycles. The van der Waals surface area contributed by atoms with Gasteiger partial charge >= 0.3 is 0 Å². The van der Waals surface area contributed by atoms with Gasteiger partial charge in [0.05, 0.1) is 5.02 Å². The SMILES string of the molecule is CC(C)[C@@H]1CN(Cc2ccc(F)c(Cl)c2)C[C@H]1NS(=O)(=O)N(C)C. The Morgan fingerprint density at radius 3 is 2.58 bits per heavy atom. The highest BCUT2D eigenvalue weighted by Crippen LogP contribution is 2.27. The number of hydrogen-bond donors (Lipinski definition) is 1. The Labute approximate surface area is 149 Å². The summed E-state index contributed by atoms with van der Waals surface area (Å²) in [7, 11) is -0.443. The fourth-order valence-electron chi connectivity index (χ4n) is 3.04. The molecule has 0 radical (unpaired) electrons. The summed E-state index contributed by atoms with van der Waals surface area (Å²) in [5, 5.41) is 0.108. The molecule has 0 aromatic heterocycles. The largest absolute Gasteiger partial charge is 0.297 e. The molecule has 1 aromatic carbocycles. The average molecular weight is 378 g/mol. The molecule has 136 valence electrons. The molecular formula is C16H25ClFN3O2S. The van der Waals surface area contributed by atoms with Gasteiger partial charge in [-0.25, -0.2) is 4.39 Å². The zero-order chi connectivity index (χ0) is 18.1. The van der Waals surface area contributed by atoms with Gasteiger partial charge in [-0.05, 0) is 29.5 Å². The van der Waals surface area contributed by atoms with Crippen LogP contribution in [0.25, 0.3) is 0 Å². The Morgan fingerprint density at radius 2 is 2.04 bits per heavy atom. The molecule has 0 spiro atoms. The van der Waals surface area contributed by atoms with Crippen LogP contribution in [0.4, 0.5) is 4.39 Å². The molecule has 8 heteroatoms. The van der Waals surface area contributed by atoms with Crippen molar-refractivity contribution in [2.24, 2.45) is 11.8 Å². The summed E-state index contributed by atoms with van der Waals surface area (Å²) in [6.45, 7) is 6.21. The molecule has 0 bridgehead atoms. The molecule has 1 aliphatic heterocycles. The quantitative estimate of drug-likeness (QED) is 0.827. The smallest absolute Gasteiger partial charge is 0.279 e. The molecule has 5 nitrogen and oxygen atoms in total. The molecule has 1 aliphatic rings. The van der Waals surface area contributed by atoms with Gasteiger partial charge < -0.3 is 0 Å². The van der Waals surface area contributed by atoms with Gasteiger partial charge in [0.15, 0.2) is 0 Å². The highest BCUT2D eigenvalue weighted by atomic mass is 35.5. The molecule has 0 amide bonds. The summed E-state index contributed by atoms with van der Waals surface area (Å²) in [6, 6.07) is 4.55. The first kappa shape index (κ1) is 19.6. The van der Waals surface area contributed by atoms with Crippen LogP contribution in [-0.4, -0.2) is 50.8 Å². The summed E-state index contributed by atoms with van der Waals surface area (Å²) in [5.74, 6) is 0.135. The Bertz CT molecular complexity index is 682. The first-order valence-corrected chi connectivity index (χ1v) is 9.78. The van der Waals surface area contributed by atoms with Crippen molar-refractivity contribution in [3.05, 3.63) is 34.6 Å². The van der Waals surface area contributed by atoms with Gasteiger partial charge in [0.1, 0.15) is 5.82 Å². The zero-order valence-electron chi connectivity index (χ0n) is 14.5. The van der Waals surface area contributed by atoms with Gasteiger partial charge in [0.25, 0.3) is 10.2 Å². The lowest BCUT2D eigenvalue weighted by atomic mass is 9.92. The number of hydrogen-bond acceptors (Lipinski definition) is 3. The van der Waals surface area contributed by atoms with Gasteiger partial charge in [0, 0.05) is 39.8 Å². The number of halogens is 2. The van der Waals surface area contributed by atoms with Crippen LogP contribution >= 0.6 is 11.6 Å². The number of nitrogens with one attached hydrogen (secondary N) is 1. The van der Waals surface area contributed by atoms with Crippen molar-refractivity contribution in [3.63, 3.8) is 0 Å². The van der Waals surface area contributed by atoms with Crippen molar-refractivity contribution in [3.8, 4) is 0 Å². The normalized spacial score (nSPS) is 22.7. The van der Waals surface area contributed by atoms with Crippen LogP contribution in [0.2, 0.25) is 5.02 Å². The van der Waals surface area contributed by atoms with E-state index >= 15 is 0 Å². The van der Waals surface area contributed by atoms with E-state index in [1.807, 2.05) is 0 Å². The van der Waals surface area contributed by atoms with Gasteiger partial charge in [-0.1, -0.05) is 31.5 Å². The molecule has 2 rings (SSSR count). The molecule has 1 N–H and O–H groups in total. The predicted molar refractivity (Wildman–Crippen MR) is 94.5 cm³/mol. The predicted octanol–water partition coefficient (Wildman–Crippen LogP) is 2.33. The molecular weight excluding hydrogens is 353 g/mol. The van der Waals surface area contributed by atoms with E-state index in [4.69, 9.17) is 11.6 Å². The number of nitrogens with zero attached hydrogens (tertiary/aromatic N) is 2. The second kappa shape index (κ2) is 7.66. The average Bonchev–Trinajstić information content (AvgIpc) is 2.85. The van der Waals surface area contributed by atoms with Crippen molar-refractivity contribution in [1.82, 2.24) is 13.9 Å². The van der Waals surface area contributed by atoms with Crippen LogP contribution in [0.15, 0.2) is 18.2 Å². The molecule has 2 atom stereocenters. The Balaban J connectivity index is 2.10. The first-order valence-electron chi connectivity index (χ1n) is 7.96. The van der Waals surface area contributed by atoms with E-state index in [0.29, 0.717) is 19.0 Å². The standard InChI is InChI=1S/C16H25ClFN3O2S/c1-11(2)13-9-21(8-12-5-6-15(18)14(17)7-12)10-16(13)19-24(22,23)20(3)4/h5-7,11,13,16,19H,8-10H2,1-4H3/t13-,16+/m0/s1.